The minimum absolute atomic E-state index is 0.193. The Bertz CT molecular complexity index is 432. The molecule has 4 N–H and O–H groups in total. The minimum atomic E-state index is -0.618. The Morgan fingerprint density at radius 3 is 2.78 bits per heavy atom. The molecule has 1 aromatic rings. The number of hydrogen-bond acceptors (Lipinski definition) is 4. The number of phenolic OH excluding ortho intramolecular Hbond substituents is 1. The van der Waals surface area contributed by atoms with E-state index in [1.165, 1.54) is 0 Å². The van der Waals surface area contributed by atoms with Gasteiger partial charge in [-0.2, -0.15) is 0 Å². The first-order valence-corrected chi connectivity index (χ1v) is 5.82. The molecule has 100 valence electrons. The average molecular weight is 252 g/mol. The van der Waals surface area contributed by atoms with Crippen molar-refractivity contribution in [3.8, 4) is 5.75 Å². The summed E-state index contributed by atoms with van der Waals surface area (Å²) in [5.41, 5.74) is 7.71. The zero-order chi connectivity index (χ0) is 13.7. The molecule has 1 aromatic carbocycles. The second kappa shape index (κ2) is 6.37. The molecule has 0 heterocycles. The Labute approximate surface area is 107 Å². The normalized spacial score (nSPS) is 12.2. The lowest BCUT2D eigenvalue weighted by molar-refractivity contribution is -0.117. The van der Waals surface area contributed by atoms with E-state index in [-0.39, 0.29) is 11.7 Å². The molecular formula is C13H20N2O3. The predicted molar refractivity (Wildman–Crippen MR) is 70.7 cm³/mol. The van der Waals surface area contributed by atoms with Gasteiger partial charge in [-0.15, -0.1) is 0 Å². The molecule has 1 atom stereocenters. The highest BCUT2D eigenvalue weighted by molar-refractivity contribution is 5.95. The molecule has 5 nitrogen and oxygen atoms in total. The Kier molecular flexibility index (Phi) is 5.12. The van der Waals surface area contributed by atoms with Gasteiger partial charge < -0.3 is 20.9 Å². The summed E-state index contributed by atoms with van der Waals surface area (Å²) in [4.78, 5) is 11.8. The molecular weight excluding hydrogens is 232 g/mol. The first-order chi connectivity index (χ1) is 8.47. The van der Waals surface area contributed by atoms with E-state index in [0.717, 1.165) is 5.56 Å². The zero-order valence-electron chi connectivity index (χ0n) is 11.0. The Hall–Kier alpha value is -1.59. The zero-order valence-corrected chi connectivity index (χ0v) is 11.0. The quantitative estimate of drug-likeness (QED) is 0.737. The van der Waals surface area contributed by atoms with Crippen LogP contribution in [0, 0.1) is 13.8 Å². The molecule has 0 saturated carbocycles. The van der Waals surface area contributed by atoms with E-state index in [2.05, 4.69) is 5.32 Å². The van der Waals surface area contributed by atoms with E-state index in [4.69, 9.17) is 10.5 Å². The molecule has 0 bridgehead atoms. The van der Waals surface area contributed by atoms with Gasteiger partial charge in [-0.3, -0.25) is 4.79 Å². The Morgan fingerprint density at radius 1 is 1.50 bits per heavy atom. The molecule has 0 aliphatic heterocycles. The standard InChI is InChI=1S/C13H20N2O3/c1-8-4-5-11(9(2)12(8)16)15-13(17)10(14)6-7-18-3/h4-5,10,16H,6-7,14H2,1-3H3,(H,15,17). The van der Waals surface area contributed by atoms with E-state index in [0.29, 0.717) is 24.3 Å². The summed E-state index contributed by atoms with van der Waals surface area (Å²) in [5, 5.41) is 12.5. The minimum Gasteiger partial charge on any atom is -0.507 e. The third kappa shape index (κ3) is 3.45. The third-order valence-corrected chi connectivity index (χ3v) is 2.86. The molecule has 0 fully saturated rings. The fourth-order valence-corrected chi connectivity index (χ4v) is 1.57. The maximum absolute atomic E-state index is 11.8. The van der Waals surface area contributed by atoms with Crippen LogP contribution in [0.1, 0.15) is 17.5 Å². The van der Waals surface area contributed by atoms with Gasteiger partial charge in [-0.1, -0.05) is 6.07 Å². The smallest absolute Gasteiger partial charge is 0.241 e. The van der Waals surface area contributed by atoms with Gasteiger partial charge in [0.15, 0.2) is 0 Å². The van der Waals surface area contributed by atoms with Crippen LogP contribution < -0.4 is 11.1 Å². The number of hydrogen-bond donors (Lipinski definition) is 3. The monoisotopic (exact) mass is 252 g/mol. The molecule has 0 spiro atoms. The van der Waals surface area contributed by atoms with Crippen LogP contribution in [0.15, 0.2) is 12.1 Å². The molecule has 1 rings (SSSR count). The topological polar surface area (TPSA) is 84.6 Å². The van der Waals surface area contributed by atoms with Crippen molar-refractivity contribution in [3.05, 3.63) is 23.3 Å². The number of benzene rings is 1. The van der Waals surface area contributed by atoms with Crippen molar-refractivity contribution < 1.29 is 14.6 Å². The molecule has 0 aliphatic carbocycles. The fourth-order valence-electron chi connectivity index (χ4n) is 1.57. The van der Waals surface area contributed by atoms with Gasteiger partial charge in [0.1, 0.15) is 5.75 Å². The van der Waals surface area contributed by atoms with Crippen molar-refractivity contribution in [2.45, 2.75) is 26.3 Å². The molecule has 5 heteroatoms. The van der Waals surface area contributed by atoms with Crippen molar-refractivity contribution >= 4 is 11.6 Å². The van der Waals surface area contributed by atoms with Gasteiger partial charge in [0, 0.05) is 25.0 Å². The van der Waals surface area contributed by atoms with Crippen LogP contribution in [-0.2, 0) is 9.53 Å². The van der Waals surface area contributed by atoms with Crippen molar-refractivity contribution in [1.29, 1.82) is 0 Å². The summed E-state index contributed by atoms with van der Waals surface area (Å²) in [6, 6.07) is 2.89. The van der Waals surface area contributed by atoms with Crippen LogP contribution in [0.5, 0.6) is 5.75 Å². The van der Waals surface area contributed by atoms with Gasteiger partial charge in [0.2, 0.25) is 5.91 Å². The van der Waals surface area contributed by atoms with E-state index in [1.807, 2.05) is 0 Å². The Balaban J connectivity index is 2.73. The number of anilines is 1. The van der Waals surface area contributed by atoms with E-state index >= 15 is 0 Å². The average Bonchev–Trinajstić information content (AvgIpc) is 2.36. The summed E-state index contributed by atoms with van der Waals surface area (Å²) >= 11 is 0. The SMILES string of the molecule is COCCC(N)C(=O)Nc1ccc(C)c(O)c1C. The molecule has 0 aromatic heterocycles. The van der Waals surface area contributed by atoms with Gasteiger partial charge in [0.25, 0.3) is 0 Å². The lowest BCUT2D eigenvalue weighted by Crippen LogP contribution is -2.36. The summed E-state index contributed by atoms with van der Waals surface area (Å²) in [6.07, 6.45) is 0.458. The molecule has 1 amide bonds. The molecule has 18 heavy (non-hydrogen) atoms. The number of methoxy groups -OCH3 is 1. The van der Waals surface area contributed by atoms with E-state index in [1.54, 1.807) is 33.1 Å². The fraction of sp³-hybridized carbons (Fsp3) is 0.462. The van der Waals surface area contributed by atoms with Gasteiger partial charge >= 0.3 is 0 Å². The summed E-state index contributed by atoms with van der Waals surface area (Å²) in [7, 11) is 1.56. The number of amides is 1. The van der Waals surface area contributed by atoms with Gasteiger partial charge in [-0.05, 0) is 31.9 Å². The van der Waals surface area contributed by atoms with Crippen LogP contribution in [0.2, 0.25) is 0 Å². The predicted octanol–water partition coefficient (Wildman–Crippen LogP) is 1.31. The molecule has 0 aliphatic rings. The maximum atomic E-state index is 11.8. The van der Waals surface area contributed by atoms with Crippen molar-refractivity contribution in [2.24, 2.45) is 5.73 Å². The maximum Gasteiger partial charge on any atom is 0.241 e. The Morgan fingerprint density at radius 2 is 2.17 bits per heavy atom. The van der Waals surface area contributed by atoms with Crippen LogP contribution in [-0.4, -0.2) is 30.8 Å². The first kappa shape index (κ1) is 14.5. The lowest BCUT2D eigenvalue weighted by atomic mass is 10.1. The number of ether oxygens (including phenoxy) is 1. The number of rotatable bonds is 5. The molecule has 1 unspecified atom stereocenters. The van der Waals surface area contributed by atoms with E-state index in [9.17, 15) is 9.90 Å². The third-order valence-electron chi connectivity index (χ3n) is 2.86. The summed E-state index contributed by atoms with van der Waals surface area (Å²) in [6.45, 7) is 3.99. The van der Waals surface area contributed by atoms with Gasteiger partial charge in [0.05, 0.1) is 6.04 Å². The molecule has 0 radical (unpaired) electrons. The van der Waals surface area contributed by atoms with Gasteiger partial charge in [-0.25, -0.2) is 0 Å². The highest BCUT2D eigenvalue weighted by Gasteiger charge is 2.15. The number of nitrogens with one attached hydrogen (secondary N) is 1. The van der Waals surface area contributed by atoms with Crippen molar-refractivity contribution in [2.75, 3.05) is 19.0 Å². The van der Waals surface area contributed by atoms with Crippen LogP contribution in [0.25, 0.3) is 0 Å². The number of nitrogens with two attached hydrogens (primary N) is 1. The largest absolute Gasteiger partial charge is 0.507 e. The molecule has 0 saturated heterocycles. The second-order valence-electron chi connectivity index (χ2n) is 4.28. The van der Waals surface area contributed by atoms with Crippen LogP contribution in [0.4, 0.5) is 5.69 Å². The lowest BCUT2D eigenvalue weighted by Gasteiger charge is -2.14. The van der Waals surface area contributed by atoms with E-state index < -0.39 is 6.04 Å². The number of carbonyl (C=O) groups excluding carboxylic acids is 1. The number of carbonyl (C=O) groups is 1. The van der Waals surface area contributed by atoms with Crippen molar-refractivity contribution in [3.63, 3.8) is 0 Å². The number of aromatic hydroxyl groups is 1. The highest BCUT2D eigenvalue weighted by Crippen LogP contribution is 2.28. The number of phenols is 1. The number of aryl methyl sites for hydroxylation is 1. The second-order valence-corrected chi connectivity index (χ2v) is 4.28. The first-order valence-electron chi connectivity index (χ1n) is 5.82. The summed E-state index contributed by atoms with van der Waals surface area (Å²) in [5.74, 6) is -0.0864. The van der Waals surface area contributed by atoms with Crippen molar-refractivity contribution in [1.82, 2.24) is 0 Å². The summed E-state index contributed by atoms with van der Waals surface area (Å²) < 4.78 is 4.87. The van der Waals surface area contributed by atoms with Crippen LogP contribution >= 0.6 is 0 Å². The highest BCUT2D eigenvalue weighted by atomic mass is 16.5. The van der Waals surface area contributed by atoms with Crippen LogP contribution in [0.3, 0.4) is 0 Å².